The Labute approximate surface area is 111 Å². The normalized spacial score (nSPS) is 24.3. The summed E-state index contributed by atoms with van der Waals surface area (Å²) in [6, 6.07) is 2.10. The quantitative estimate of drug-likeness (QED) is 0.786. The van der Waals surface area contributed by atoms with Crippen LogP contribution in [0.1, 0.15) is 44.7 Å². The van der Waals surface area contributed by atoms with E-state index in [0.29, 0.717) is 0 Å². The first-order valence-corrected chi connectivity index (χ1v) is 7.43. The van der Waals surface area contributed by atoms with Crippen LogP contribution in [0.15, 0.2) is 12.3 Å². The Morgan fingerprint density at radius 1 is 1.39 bits per heavy atom. The van der Waals surface area contributed by atoms with Crippen molar-refractivity contribution in [1.82, 2.24) is 15.1 Å². The monoisotopic (exact) mass is 249 g/mol. The van der Waals surface area contributed by atoms with Crippen molar-refractivity contribution < 1.29 is 0 Å². The molecule has 1 aliphatic carbocycles. The highest BCUT2D eigenvalue weighted by molar-refractivity contribution is 5.00. The number of nitrogens with zero attached hydrogens (tertiary/aromatic N) is 2. The molecule has 3 nitrogen and oxygen atoms in total. The third kappa shape index (κ3) is 4.13. The van der Waals surface area contributed by atoms with E-state index in [1.54, 1.807) is 0 Å². The number of hydrogen-bond donors (Lipinski definition) is 1. The van der Waals surface area contributed by atoms with Gasteiger partial charge in [-0.15, -0.1) is 0 Å². The molecule has 1 aromatic rings. The number of aromatic nitrogens is 2. The first kappa shape index (κ1) is 13.6. The predicted molar refractivity (Wildman–Crippen MR) is 75.5 cm³/mol. The van der Waals surface area contributed by atoms with Crippen molar-refractivity contribution in [1.29, 1.82) is 0 Å². The molecular weight excluding hydrogens is 222 g/mol. The van der Waals surface area contributed by atoms with E-state index in [4.69, 9.17) is 0 Å². The Morgan fingerprint density at radius 2 is 2.28 bits per heavy atom. The molecule has 1 heterocycles. The van der Waals surface area contributed by atoms with Gasteiger partial charge >= 0.3 is 0 Å². The average Bonchev–Trinajstić information content (AvgIpc) is 2.75. The summed E-state index contributed by atoms with van der Waals surface area (Å²) in [4.78, 5) is 0. The van der Waals surface area contributed by atoms with Gasteiger partial charge in [-0.1, -0.05) is 26.2 Å². The average molecular weight is 249 g/mol. The summed E-state index contributed by atoms with van der Waals surface area (Å²) in [7, 11) is 2.01. The number of hydrogen-bond acceptors (Lipinski definition) is 2. The maximum Gasteiger partial charge on any atom is 0.0492 e. The highest BCUT2D eigenvalue weighted by atomic mass is 15.3. The summed E-state index contributed by atoms with van der Waals surface area (Å²) >= 11 is 0. The highest BCUT2D eigenvalue weighted by Gasteiger charge is 2.17. The SMILES string of the molecule is CC1CCCC(CCNCCc2ccnn2C)C1. The molecule has 0 amide bonds. The molecule has 1 saturated carbocycles. The molecule has 0 saturated heterocycles. The summed E-state index contributed by atoms with van der Waals surface area (Å²) in [6.45, 7) is 4.65. The van der Waals surface area contributed by atoms with E-state index in [1.165, 1.54) is 44.3 Å². The van der Waals surface area contributed by atoms with E-state index < -0.39 is 0 Å². The Balaban J connectivity index is 1.55. The van der Waals surface area contributed by atoms with Crippen molar-refractivity contribution in [2.75, 3.05) is 13.1 Å². The van der Waals surface area contributed by atoms with Crippen LogP contribution in [0, 0.1) is 11.8 Å². The van der Waals surface area contributed by atoms with Gasteiger partial charge in [0.1, 0.15) is 0 Å². The second-order valence-corrected chi connectivity index (χ2v) is 5.87. The lowest BCUT2D eigenvalue weighted by Gasteiger charge is -2.26. The second-order valence-electron chi connectivity index (χ2n) is 5.87. The summed E-state index contributed by atoms with van der Waals surface area (Å²) in [5.74, 6) is 1.93. The van der Waals surface area contributed by atoms with Crippen LogP contribution in [0.25, 0.3) is 0 Å². The lowest BCUT2D eigenvalue weighted by atomic mass is 9.81. The van der Waals surface area contributed by atoms with E-state index in [9.17, 15) is 0 Å². The number of nitrogens with one attached hydrogen (secondary N) is 1. The van der Waals surface area contributed by atoms with Gasteiger partial charge in [0.25, 0.3) is 0 Å². The minimum absolute atomic E-state index is 0.957. The van der Waals surface area contributed by atoms with Crippen LogP contribution in [0.4, 0.5) is 0 Å². The highest BCUT2D eigenvalue weighted by Crippen LogP contribution is 2.30. The zero-order chi connectivity index (χ0) is 12.8. The molecule has 0 radical (unpaired) electrons. The smallest absolute Gasteiger partial charge is 0.0492 e. The fourth-order valence-corrected chi connectivity index (χ4v) is 3.12. The van der Waals surface area contributed by atoms with Gasteiger partial charge in [0, 0.05) is 31.9 Å². The molecule has 0 aromatic carbocycles. The third-order valence-electron chi connectivity index (χ3n) is 4.25. The molecule has 0 bridgehead atoms. The maximum absolute atomic E-state index is 4.19. The van der Waals surface area contributed by atoms with Gasteiger partial charge < -0.3 is 5.32 Å². The fraction of sp³-hybridized carbons (Fsp3) is 0.800. The van der Waals surface area contributed by atoms with Crippen molar-refractivity contribution in [3.05, 3.63) is 18.0 Å². The summed E-state index contributed by atoms with van der Waals surface area (Å²) in [5, 5.41) is 7.76. The van der Waals surface area contributed by atoms with Crippen molar-refractivity contribution in [2.45, 2.75) is 45.4 Å². The Hall–Kier alpha value is -0.830. The Kier molecular flexibility index (Phi) is 5.24. The lowest BCUT2D eigenvalue weighted by molar-refractivity contribution is 0.268. The van der Waals surface area contributed by atoms with Crippen LogP contribution in [0.5, 0.6) is 0 Å². The number of aryl methyl sites for hydroxylation is 1. The molecule has 18 heavy (non-hydrogen) atoms. The zero-order valence-electron chi connectivity index (χ0n) is 11.9. The molecule has 0 aliphatic heterocycles. The molecule has 2 atom stereocenters. The fourth-order valence-electron chi connectivity index (χ4n) is 3.12. The van der Waals surface area contributed by atoms with Gasteiger partial charge in [-0.05, 0) is 37.3 Å². The first-order chi connectivity index (χ1) is 8.75. The summed E-state index contributed by atoms with van der Waals surface area (Å²) in [6.07, 6.45) is 10.1. The summed E-state index contributed by atoms with van der Waals surface area (Å²) in [5.41, 5.74) is 1.31. The van der Waals surface area contributed by atoms with Crippen LogP contribution < -0.4 is 5.32 Å². The van der Waals surface area contributed by atoms with Gasteiger partial charge in [-0.25, -0.2) is 0 Å². The Morgan fingerprint density at radius 3 is 3.00 bits per heavy atom. The van der Waals surface area contributed by atoms with Crippen LogP contribution in [0.3, 0.4) is 0 Å². The van der Waals surface area contributed by atoms with Crippen LogP contribution in [-0.2, 0) is 13.5 Å². The van der Waals surface area contributed by atoms with E-state index in [0.717, 1.165) is 24.8 Å². The first-order valence-electron chi connectivity index (χ1n) is 7.43. The minimum Gasteiger partial charge on any atom is -0.316 e. The third-order valence-corrected chi connectivity index (χ3v) is 4.25. The van der Waals surface area contributed by atoms with Crippen molar-refractivity contribution in [3.63, 3.8) is 0 Å². The van der Waals surface area contributed by atoms with Gasteiger partial charge in [0.05, 0.1) is 0 Å². The molecule has 1 fully saturated rings. The molecule has 2 unspecified atom stereocenters. The summed E-state index contributed by atoms with van der Waals surface area (Å²) < 4.78 is 1.96. The molecule has 1 N–H and O–H groups in total. The minimum atomic E-state index is 0.957. The molecule has 0 spiro atoms. The molecular formula is C15H27N3. The molecule has 1 aromatic heterocycles. The Bertz CT molecular complexity index is 345. The van der Waals surface area contributed by atoms with Crippen LogP contribution in [-0.4, -0.2) is 22.9 Å². The lowest BCUT2D eigenvalue weighted by Crippen LogP contribution is -2.23. The number of rotatable bonds is 6. The zero-order valence-corrected chi connectivity index (χ0v) is 11.9. The van der Waals surface area contributed by atoms with Gasteiger partial charge in [0.15, 0.2) is 0 Å². The van der Waals surface area contributed by atoms with Gasteiger partial charge in [-0.2, -0.15) is 5.10 Å². The molecule has 102 valence electrons. The molecule has 1 aliphatic rings. The van der Waals surface area contributed by atoms with E-state index in [1.807, 2.05) is 17.9 Å². The van der Waals surface area contributed by atoms with E-state index >= 15 is 0 Å². The van der Waals surface area contributed by atoms with Crippen LogP contribution in [0.2, 0.25) is 0 Å². The largest absolute Gasteiger partial charge is 0.316 e. The second kappa shape index (κ2) is 6.93. The van der Waals surface area contributed by atoms with Crippen molar-refractivity contribution in [3.8, 4) is 0 Å². The van der Waals surface area contributed by atoms with E-state index in [2.05, 4.69) is 23.4 Å². The van der Waals surface area contributed by atoms with Crippen LogP contribution >= 0.6 is 0 Å². The maximum atomic E-state index is 4.19. The van der Waals surface area contributed by atoms with Crippen molar-refractivity contribution >= 4 is 0 Å². The topological polar surface area (TPSA) is 29.9 Å². The van der Waals surface area contributed by atoms with Crippen molar-refractivity contribution in [2.24, 2.45) is 18.9 Å². The van der Waals surface area contributed by atoms with Gasteiger partial charge in [0.2, 0.25) is 0 Å². The molecule has 2 rings (SSSR count). The molecule has 3 heteroatoms. The van der Waals surface area contributed by atoms with Gasteiger partial charge in [-0.3, -0.25) is 4.68 Å². The van der Waals surface area contributed by atoms with E-state index in [-0.39, 0.29) is 0 Å². The predicted octanol–water partition coefficient (Wildman–Crippen LogP) is 2.77. The standard InChI is InChI=1S/C15H27N3/c1-13-4-3-5-14(12-13)6-9-16-10-7-15-8-11-17-18(15)2/h8,11,13-14,16H,3-7,9-10,12H2,1-2H3.